The lowest BCUT2D eigenvalue weighted by atomic mass is 9.47. The second-order valence-electron chi connectivity index (χ2n) is 7.47. The van der Waals surface area contributed by atoms with Crippen LogP contribution < -0.4 is 5.32 Å². The van der Waals surface area contributed by atoms with Crippen LogP contribution >= 0.6 is 0 Å². The van der Waals surface area contributed by atoms with Crippen molar-refractivity contribution >= 4 is 0 Å². The number of nitrogens with one attached hydrogen (secondary N) is 1. The van der Waals surface area contributed by atoms with Crippen molar-refractivity contribution in [3.8, 4) is 0 Å². The van der Waals surface area contributed by atoms with E-state index in [1.54, 1.807) is 0 Å². The first-order valence-electron chi connectivity index (χ1n) is 7.59. The molecule has 0 saturated heterocycles. The molecule has 2 atom stereocenters. The minimum absolute atomic E-state index is 0.454. The van der Waals surface area contributed by atoms with Crippen LogP contribution in [-0.2, 0) is 0 Å². The van der Waals surface area contributed by atoms with Crippen LogP contribution in [0.4, 0.5) is 0 Å². The molecule has 1 heteroatoms. The normalized spacial score (nSPS) is 46.4. The minimum Gasteiger partial charge on any atom is -0.307 e. The predicted molar refractivity (Wildman–Crippen MR) is 77.5 cm³/mol. The van der Waals surface area contributed by atoms with E-state index in [0.717, 1.165) is 18.4 Å². The fourth-order valence-corrected chi connectivity index (χ4v) is 5.51. The molecule has 0 aromatic heterocycles. The zero-order chi connectivity index (χ0) is 12.8. The Labute approximate surface area is 112 Å². The highest BCUT2D eigenvalue weighted by Gasteiger charge is 2.55. The lowest BCUT2D eigenvalue weighted by Gasteiger charge is -2.61. The van der Waals surface area contributed by atoms with Crippen LogP contribution in [0.1, 0.15) is 52.4 Å². The maximum absolute atomic E-state index is 3.91. The Bertz CT molecular complexity index is 365. The second-order valence-corrected chi connectivity index (χ2v) is 7.47. The van der Waals surface area contributed by atoms with Gasteiger partial charge in [0.2, 0.25) is 0 Å². The molecule has 0 spiro atoms. The highest BCUT2D eigenvalue weighted by atomic mass is 15.0. The fourth-order valence-electron chi connectivity index (χ4n) is 5.51. The van der Waals surface area contributed by atoms with Gasteiger partial charge in [0.05, 0.1) is 0 Å². The first-order chi connectivity index (χ1) is 8.56. The molecule has 4 aliphatic carbocycles. The quantitative estimate of drug-likeness (QED) is 0.736. The standard InChI is InChI=1S/C17H27N/c1-4-13(5-2)11-18-17-9-14-6-15(10-17)8-16(3,7-14)12-17/h4-5,14-15,18H,1,6-12H2,2-3H3/b13-5+. The smallest absolute Gasteiger partial charge is 0.0207 e. The summed E-state index contributed by atoms with van der Waals surface area (Å²) >= 11 is 0. The molecule has 0 amide bonds. The highest BCUT2D eigenvalue weighted by molar-refractivity contribution is 5.19. The highest BCUT2D eigenvalue weighted by Crippen LogP contribution is 2.61. The summed E-state index contributed by atoms with van der Waals surface area (Å²) in [6.07, 6.45) is 12.9. The largest absolute Gasteiger partial charge is 0.307 e. The topological polar surface area (TPSA) is 12.0 Å². The van der Waals surface area contributed by atoms with Crippen LogP contribution in [0.25, 0.3) is 0 Å². The predicted octanol–water partition coefficient (Wildman–Crippen LogP) is 4.07. The van der Waals surface area contributed by atoms with E-state index in [9.17, 15) is 0 Å². The Morgan fingerprint density at radius 1 is 1.28 bits per heavy atom. The molecule has 4 rings (SSSR count). The first kappa shape index (κ1) is 12.5. The zero-order valence-electron chi connectivity index (χ0n) is 12.0. The van der Waals surface area contributed by atoms with Gasteiger partial charge >= 0.3 is 0 Å². The van der Waals surface area contributed by atoms with Gasteiger partial charge in [-0.25, -0.2) is 0 Å². The molecule has 4 fully saturated rings. The van der Waals surface area contributed by atoms with Gasteiger partial charge in [0.25, 0.3) is 0 Å². The summed E-state index contributed by atoms with van der Waals surface area (Å²) in [5, 5.41) is 3.91. The molecule has 0 heterocycles. The molecule has 18 heavy (non-hydrogen) atoms. The van der Waals surface area contributed by atoms with E-state index >= 15 is 0 Å². The minimum atomic E-state index is 0.454. The molecule has 4 aliphatic rings. The number of hydrogen-bond donors (Lipinski definition) is 1. The van der Waals surface area contributed by atoms with Crippen molar-refractivity contribution in [3.05, 3.63) is 24.3 Å². The molecule has 1 N–H and O–H groups in total. The monoisotopic (exact) mass is 245 g/mol. The van der Waals surface area contributed by atoms with Gasteiger partial charge < -0.3 is 5.32 Å². The molecule has 0 aromatic rings. The third-order valence-corrected chi connectivity index (χ3v) is 5.65. The van der Waals surface area contributed by atoms with Crippen molar-refractivity contribution < 1.29 is 0 Å². The average Bonchev–Trinajstić information content (AvgIpc) is 2.26. The van der Waals surface area contributed by atoms with E-state index in [-0.39, 0.29) is 0 Å². The van der Waals surface area contributed by atoms with Gasteiger partial charge in [-0.05, 0) is 68.3 Å². The Hall–Kier alpha value is -0.560. The molecule has 0 radical (unpaired) electrons. The molecule has 1 nitrogen and oxygen atoms in total. The lowest BCUT2D eigenvalue weighted by Crippen LogP contribution is -2.61. The van der Waals surface area contributed by atoms with Crippen molar-refractivity contribution in [1.82, 2.24) is 5.32 Å². The maximum atomic E-state index is 3.91. The lowest BCUT2D eigenvalue weighted by molar-refractivity contribution is -0.0708. The van der Waals surface area contributed by atoms with E-state index in [4.69, 9.17) is 0 Å². The fraction of sp³-hybridized carbons (Fsp3) is 0.765. The average molecular weight is 245 g/mol. The maximum Gasteiger partial charge on any atom is 0.0207 e. The molecular formula is C17H27N. The van der Waals surface area contributed by atoms with Gasteiger partial charge in [0, 0.05) is 12.1 Å². The molecule has 100 valence electrons. The van der Waals surface area contributed by atoms with Gasteiger partial charge in [-0.3, -0.25) is 0 Å². The summed E-state index contributed by atoms with van der Waals surface area (Å²) in [7, 11) is 0. The van der Waals surface area contributed by atoms with Crippen LogP contribution in [0.5, 0.6) is 0 Å². The summed E-state index contributed by atoms with van der Waals surface area (Å²) in [5.74, 6) is 2.00. The van der Waals surface area contributed by atoms with E-state index < -0.39 is 0 Å². The summed E-state index contributed by atoms with van der Waals surface area (Å²) in [5.41, 5.74) is 2.44. The van der Waals surface area contributed by atoms with E-state index in [2.05, 4.69) is 31.8 Å². The summed E-state index contributed by atoms with van der Waals surface area (Å²) in [6.45, 7) is 9.56. The third kappa shape index (κ3) is 2.07. The van der Waals surface area contributed by atoms with Crippen LogP contribution in [0, 0.1) is 17.3 Å². The molecule has 2 unspecified atom stereocenters. The van der Waals surface area contributed by atoms with Crippen molar-refractivity contribution in [1.29, 1.82) is 0 Å². The van der Waals surface area contributed by atoms with Crippen molar-refractivity contribution in [3.63, 3.8) is 0 Å². The Kier molecular flexibility index (Phi) is 2.93. The van der Waals surface area contributed by atoms with Crippen LogP contribution in [-0.4, -0.2) is 12.1 Å². The van der Waals surface area contributed by atoms with E-state index in [1.807, 2.05) is 6.08 Å². The first-order valence-corrected chi connectivity index (χ1v) is 7.59. The molecule has 4 saturated carbocycles. The van der Waals surface area contributed by atoms with Crippen molar-refractivity contribution in [2.24, 2.45) is 17.3 Å². The number of allylic oxidation sites excluding steroid dienone is 1. The molecular weight excluding hydrogens is 218 g/mol. The summed E-state index contributed by atoms with van der Waals surface area (Å²) in [6, 6.07) is 0. The van der Waals surface area contributed by atoms with Crippen molar-refractivity contribution in [2.75, 3.05) is 6.54 Å². The third-order valence-electron chi connectivity index (χ3n) is 5.65. The Morgan fingerprint density at radius 3 is 2.44 bits per heavy atom. The van der Waals surface area contributed by atoms with Gasteiger partial charge in [0.1, 0.15) is 0 Å². The SMILES string of the molecule is C=C/C(=C\C)CNC12CC3CC(CC(C)(C3)C1)C2. The number of hydrogen-bond acceptors (Lipinski definition) is 1. The van der Waals surface area contributed by atoms with Crippen LogP contribution in [0.15, 0.2) is 24.3 Å². The zero-order valence-corrected chi connectivity index (χ0v) is 12.0. The molecule has 0 aromatic carbocycles. The number of rotatable bonds is 4. The van der Waals surface area contributed by atoms with Gasteiger partial charge in [-0.1, -0.05) is 25.7 Å². The summed E-state index contributed by atoms with van der Waals surface area (Å²) < 4.78 is 0. The summed E-state index contributed by atoms with van der Waals surface area (Å²) in [4.78, 5) is 0. The molecule has 0 aliphatic heterocycles. The van der Waals surface area contributed by atoms with Gasteiger partial charge in [-0.15, -0.1) is 0 Å². The van der Waals surface area contributed by atoms with Crippen LogP contribution in [0.3, 0.4) is 0 Å². The van der Waals surface area contributed by atoms with E-state index in [1.165, 1.54) is 44.1 Å². The van der Waals surface area contributed by atoms with E-state index in [0.29, 0.717) is 11.0 Å². The Morgan fingerprint density at radius 2 is 1.94 bits per heavy atom. The Balaban J connectivity index is 1.73. The van der Waals surface area contributed by atoms with Crippen molar-refractivity contribution in [2.45, 2.75) is 57.9 Å². The second kappa shape index (κ2) is 4.23. The van der Waals surface area contributed by atoms with Gasteiger partial charge in [0.15, 0.2) is 0 Å². The van der Waals surface area contributed by atoms with Gasteiger partial charge in [-0.2, -0.15) is 0 Å². The molecule has 4 bridgehead atoms. The van der Waals surface area contributed by atoms with Crippen LogP contribution in [0.2, 0.25) is 0 Å².